The number of benzene rings is 1. The molecule has 1 saturated heterocycles. The Hall–Kier alpha value is -1.39. The molecule has 0 bridgehead atoms. The van der Waals surface area contributed by atoms with E-state index in [1.165, 1.54) is 0 Å². The van der Waals surface area contributed by atoms with Gasteiger partial charge in [0.05, 0.1) is 6.42 Å². The monoisotopic (exact) mass is 262 g/mol. The fraction of sp³-hybridized carbons (Fsp3) is 0.533. The SMILES string of the molecule is NCC1CCN(Cc2ccccc2CC(=O)O)CC1. The Morgan fingerprint density at radius 3 is 2.47 bits per heavy atom. The Bertz CT molecular complexity index is 426. The van der Waals surface area contributed by atoms with Crippen molar-refractivity contribution in [2.45, 2.75) is 25.8 Å². The molecule has 1 aromatic carbocycles. The van der Waals surface area contributed by atoms with Gasteiger partial charge in [0.1, 0.15) is 0 Å². The van der Waals surface area contributed by atoms with Gasteiger partial charge in [-0.25, -0.2) is 0 Å². The molecule has 0 radical (unpaired) electrons. The molecule has 4 heteroatoms. The van der Waals surface area contributed by atoms with Crippen LogP contribution in [0.5, 0.6) is 0 Å². The van der Waals surface area contributed by atoms with Crippen molar-refractivity contribution in [2.75, 3.05) is 19.6 Å². The smallest absolute Gasteiger partial charge is 0.307 e. The van der Waals surface area contributed by atoms with Gasteiger partial charge in [-0.2, -0.15) is 0 Å². The van der Waals surface area contributed by atoms with Gasteiger partial charge in [0, 0.05) is 6.54 Å². The first-order valence-electron chi connectivity index (χ1n) is 6.90. The van der Waals surface area contributed by atoms with E-state index in [1.54, 1.807) is 0 Å². The predicted molar refractivity (Wildman–Crippen MR) is 74.8 cm³/mol. The summed E-state index contributed by atoms with van der Waals surface area (Å²) in [4.78, 5) is 13.3. The Morgan fingerprint density at radius 2 is 1.89 bits per heavy atom. The van der Waals surface area contributed by atoms with Crippen molar-refractivity contribution in [2.24, 2.45) is 11.7 Å². The van der Waals surface area contributed by atoms with Crippen LogP contribution in [0.2, 0.25) is 0 Å². The molecule has 0 aromatic heterocycles. The highest BCUT2D eigenvalue weighted by atomic mass is 16.4. The van der Waals surface area contributed by atoms with E-state index in [0.717, 1.165) is 50.1 Å². The minimum Gasteiger partial charge on any atom is -0.481 e. The lowest BCUT2D eigenvalue weighted by Gasteiger charge is -2.31. The summed E-state index contributed by atoms with van der Waals surface area (Å²) in [7, 11) is 0. The molecule has 1 fully saturated rings. The number of likely N-dealkylation sites (tertiary alicyclic amines) is 1. The number of carbonyl (C=O) groups is 1. The maximum atomic E-state index is 10.9. The van der Waals surface area contributed by atoms with Gasteiger partial charge in [0.25, 0.3) is 0 Å². The lowest BCUT2D eigenvalue weighted by Crippen LogP contribution is -2.35. The van der Waals surface area contributed by atoms with Gasteiger partial charge in [-0.3, -0.25) is 9.69 Å². The lowest BCUT2D eigenvalue weighted by atomic mass is 9.96. The molecule has 104 valence electrons. The van der Waals surface area contributed by atoms with Gasteiger partial charge in [0.15, 0.2) is 0 Å². The number of rotatable bonds is 5. The number of aliphatic carboxylic acids is 1. The summed E-state index contributed by atoms with van der Waals surface area (Å²) in [5, 5.41) is 8.94. The molecule has 0 spiro atoms. The second-order valence-electron chi connectivity index (χ2n) is 5.29. The summed E-state index contributed by atoms with van der Waals surface area (Å²) in [5.74, 6) is -0.111. The zero-order valence-corrected chi connectivity index (χ0v) is 11.2. The minimum atomic E-state index is -0.769. The standard InChI is InChI=1S/C15H22N2O2/c16-10-12-5-7-17(8-6-12)11-14-4-2-1-3-13(14)9-15(18)19/h1-4,12H,5-11,16H2,(H,18,19). The highest BCUT2D eigenvalue weighted by molar-refractivity contribution is 5.70. The van der Waals surface area contributed by atoms with E-state index in [0.29, 0.717) is 5.92 Å². The maximum absolute atomic E-state index is 10.9. The second-order valence-corrected chi connectivity index (χ2v) is 5.29. The molecular weight excluding hydrogens is 240 g/mol. The number of nitrogens with zero attached hydrogens (tertiary/aromatic N) is 1. The Kier molecular flexibility index (Phi) is 4.93. The largest absolute Gasteiger partial charge is 0.481 e. The summed E-state index contributed by atoms with van der Waals surface area (Å²) in [6.07, 6.45) is 2.41. The average Bonchev–Trinajstić information content (AvgIpc) is 2.41. The molecule has 0 unspecified atom stereocenters. The Labute approximate surface area is 114 Å². The molecular formula is C15H22N2O2. The van der Waals surface area contributed by atoms with E-state index in [1.807, 2.05) is 24.3 Å². The van der Waals surface area contributed by atoms with Gasteiger partial charge >= 0.3 is 5.97 Å². The van der Waals surface area contributed by atoms with Crippen LogP contribution in [-0.2, 0) is 17.8 Å². The van der Waals surface area contributed by atoms with Crippen LogP contribution in [0.1, 0.15) is 24.0 Å². The molecule has 0 amide bonds. The van der Waals surface area contributed by atoms with Gasteiger partial charge < -0.3 is 10.8 Å². The fourth-order valence-electron chi connectivity index (χ4n) is 2.67. The van der Waals surface area contributed by atoms with Crippen LogP contribution < -0.4 is 5.73 Å². The van der Waals surface area contributed by atoms with E-state index in [2.05, 4.69) is 4.90 Å². The average molecular weight is 262 g/mol. The first-order valence-corrected chi connectivity index (χ1v) is 6.90. The van der Waals surface area contributed by atoms with Crippen molar-refractivity contribution in [3.63, 3.8) is 0 Å². The van der Waals surface area contributed by atoms with Crippen LogP contribution in [0.15, 0.2) is 24.3 Å². The minimum absolute atomic E-state index is 0.107. The van der Waals surface area contributed by atoms with Crippen LogP contribution >= 0.6 is 0 Å². The molecule has 19 heavy (non-hydrogen) atoms. The van der Waals surface area contributed by atoms with E-state index >= 15 is 0 Å². The third kappa shape index (κ3) is 4.04. The molecule has 0 atom stereocenters. The number of hydrogen-bond donors (Lipinski definition) is 2. The van der Waals surface area contributed by atoms with Crippen molar-refractivity contribution in [1.82, 2.24) is 4.90 Å². The third-order valence-electron chi connectivity index (χ3n) is 3.89. The van der Waals surface area contributed by atoms with Crippen molar-refractivity contribution in [1.29, 1.82) is 0 Å². The van der Waals surface area contributed by atoms with Crippen LogP contribution in [0.3, 0.4) is 0 Å². The molecule has 1 aromatic rings. The zero-order valence-electron chi connectivity index (χ0n) is 11.2. The molecule has 0 aliphatic carbocycles. The van der Waals surface area contributed by atoms with E-state index in [9.17, 15) is 4.79 Å². The van der Waals surface area contributed by atoms with Crippen molar-refractivity contribution in [3.8, 4) is 0 Å². The first kappa shape index (κ1) is 14.0. The van der Waals surface area contributed by atoms with Crippen molar-refractivity contribution < 1.29 is 9.90 Å². The van der Waals surface area contributed by atoms with E-state index in [4.69, 9.17) is 10.8 Å². The van der Waals surface area contributed by atoms with E-state index < -0.39 is 5.97 Å². The van der Waals surface area contributed by atoms with Crippen LogP contribution in [-0.4, -0.2) is 35.6 Å². The van der Waals surface area contributed by atoms with Crippen molar-refractivity contribution in [3.05, 3.63) is 35.4 Å². The van der Waals surface area contributed by atoms with Crippen LogP contribution in [0.25, 0.3) is 0 Å². The van der Waals surface area contributed by atoms with Crippen LogP contribution in [0.4, 0.5) is 0 Å². The summed E-state index contributed by atoms with van der Waals surface area (Å²) in [6.45, 7) is 3.75. The lowest BCUT2D eigenvalue weighted by molar-refractivity contribution is -0.136. The number of nitrogens with two attached hydrogens (primary N) is 1. The number of carboxylic acids is 1. The zero-order chi connectivity index (χ0) is 13.7. The Morgan fingerprint density at radius 1 is 1.26 bits per heavy atom. The highest BCUT2D eigenvalue weighted by Gasteiger charge is 2.18. The predicted octanol–water partition coefficient (Wildman–Crippen LogP) is 1.48. The first-order chi connectivity index (χ1) is 9.19. The second kappa shape index (κ2) is 6.68. The molecule has 0 saturated carbocycles. The quantitative estimate of drug-likeness (QED) is 0.843. The van der Waals surface area contributed by atoms with Gasteiger partial charge in [-0.15, -0.1) is 0 Å². The molecule has 3 N–H and O–H groups in total. The van der Waals surface area contributed by atoms with E-state index in [-0.39, 0.29) is 6.42 Å². The molecule has 4 nitrogen and oxygen atoms in total. The number of carboxylic acid groups (broad SMARTS) is 1. The summed E-state index contributed by atoms with van der Waals surface area (Å²) in [6, 6.07) is 7.83. The van der Waals surface area contributed by atoms with Crippen molar-refractivity contribution >= 4 is 5.97 Å². The summed E-state index contributed by atoms with van der Waals surface area (Å²) < 4.78 is 0. The molecule has 2 rings (SSSR count). The number of piperidine rings is 1. The van der Waals surface area contributed by atoms with Gasteiger partial charge in [-0.1, -0.05) is 24.3 Å². The third-order valence-corrected chi connectivity index (χ3v) is 3.89. The topological polar surface area (TPSA) is 66.6 Å². The van der Waals surface area contributed by atoms with Gasteiger partial charge in [0.2, 0.25) is 0 Å². The summed E-state index contributed by atoms with van der Waals surface area (Å²) >= 11 is 0. The van der Waals surface area contributed by atoms with Gasteiger partial charge in [-0.05, 0) is 49.5 Å². The molecule has 1 aliphatic rings. The Balaban J connectivity index is 1.97. The molecule has 1 heterocycles. The normalized spacial score (nSPS) is 17.5. The maximum Gasteiger partial charge on any atom is 0.307 e. The number of hydrogen-bond acceptors (Lipinski definition) is 3. The molecule has 1 aliphatic heterocycles. The van der Waals surface area contributed by atoms with Crippen LogP contribution in [0, 0.1) is 5.92 Å². The summed E-state index contributed by atoms with van der Waals surface area (Å²) in [5.41, 5.74) is 7.76. The fourth-order valence-corrected chi connectivity index (χ4v) is 2.67. The highest BCUT2D eigenvalue weighted by Crippen LogP contribution is 2.19.